The molecule has 0 unspecified atom stereocenters. The van der Waals surface area contributed by atoms with E-state index in [2.05, 4.69) is 40.0 Å². The lowest BCUT2D eigenvalue weighted by Crippen LogP contribution is -2.29. The summed E-state index contributed by atoms with van der Waals surface area (Å²) >= 11 is 5.49. The minimum Gasteiger partial charge on any atom is -0.467 e. The number of ketones is 1. The summed E-state index contributed by atoms with van der Waals surface area (Å²) in [5.41, 5.74) is 11.6. The van der Waals surface area contributed by atoms with Gasteiger partial charge in [0.15, 0.2) is 11.4 Å². The van der Waals surface area contributed by atoms with Gasteiger partial charge in [0.1, 0.15) is 11.8 Å². The maximum absolute atomic E-state index is 10.9. The lowest BCUT2D eigenvalue weighted by atomic mass is 10.2. The van der Waals surface area contributed by atoms with Crippen molar-refractivity contribution in [3.63, 3.8) is 0 Å². The molecule has 21 nitrogen and oxygen atoms in total. The molecule has 0 saturated heterocycles. The number of hydrogen-bond acceptors (Lipinski definition) is 21. The molecule has 0 bridgehead atoms. The Morgan fingerprint density at radius 1 is 0.702 bits per heavy atom. The first-order valence-corrected chi connectivity index (χ1v) is 18.9. The second-order valence-electron chi connectivity index (χ2n) is 13.6. The van der Waals surface area contributed by atoms with Crippen LogP contribution in [0, 0.1) is 0 Å². The number of esters is 4. The lowest BCUT2D eigenvalue weighted by Gasteiger charge is -2.06. The van der Waals surface area contributed by atoms with Crippen LogP contribution < -0.4 is 22.3 Å². The number of carbonyl (C=O) groups is 6. The normalized spacial score (nSPS) is 19.2. The van der Waals surface area contributed by atoms with Gasteiger partial charge in [-0.3, -0.25) is 9.59 Å². The van der Waals surface area contributed by atoms with Gasteiger partial charge in [-0.2, -0.15) is 10.2 Å². The smallest absolute Gasteiger partial charge is 0.371 e. The van der Waals surface area contributed by atoms with Crippen LogP contribution in [0.1, 0.15) is 91.4 Å². The Morgan fingerprint density at radius 2 is 1.16 bits per heavy atom. The maximum atomic E-state index is 10.9. The molecule has 0 spiro atoms. The van der Waals surface area contributed by atoms with E-state index < -0.39 is 46.3 Å². The van der Waals surface area contributed by atoms with E-state index in [4.69, 9.17) is 38.4 Å². The molecule has 0 aromatic carbocycles. The van der Waals surface area contributed by atoms with E-state index in [-0.39, 0.29) is 42.6 Å². The van der Waals surface area contributed by atoms with Crippen LogP contribution in [-0.2, 0) is 47.7 Å². The number of carbonyl (C=O) groups excluding carboxylic acids is 6. The number of rotatable bonds is 17. The first-order chi connectivity index (χ1) is 26.7. The second-order valence-corrected chi connectivity index (χ2v) is 13.9. The van der Waals surface area contributed by atoms with Crippen molar-refractivity contribution in [1.82, 2.24) is 10.9 Å². The third kappa shape index (κ3) is 25.9. The molecule has 5 fully saturated rings. The Hall–Kier alpha value is -3.83. The van der Waals surface area contributed by atoms with Gasteiger partial charge in [0.2, 0.25) is 11.5 Å². The molecular weight excluding hydrogens is 780 g/mol. The summed E-state index contributed by atoms with van der Waals surface area (Å²) in [6.07, 6.45) is 9.34. The number of hydrazone groups is 2. The molecule has 5 aliphatic carbocycles. The lowest BCUT2D eigenvalue weighted by molar-refractivity contribution is -0.152. The number of nitrogens with one attached hydrogen (secondary N) is 2. The summed E-state index contributed by atoms with van der Waals surface area (Å²) in [7, 11) is 1.28. The SMILES string of the molecule is CCOC(=O)/C(Cl)=N/NCC1(O)CC1.CCOC(=O)/C=N/NCC1(O)CC1.CCOC(=O)C=O.COC(=O)C1(O)CC1.NCC(=O)C1(O)CC1.NCCC1(O)CC1. The number of nitrogens with two attached hydrogens (primary N) is 2. The summed E-state index contributed by atoms with van der Waals surface area (Å²) in [6, 6.07) is 0. The Labute approximate surface area is 336 Å². The van der Waals surface area contributed by atoms with E-state index >= 15 is 0 Å². The molecule has 0 radical (unpaired) electrons. The Balaban J connectivity index is 0.000000676. The molecule has 0 amide bonds. The van der Waals surface area contributed by atoms with Gasteiger partial charge in [-0.15, -0.1) is 0 Å². The van der Waals surface area contributed by atoms with Gasteiger partial charge in [0.05, 0.1) is 63.4 Å². The van der Waals surface area contributed by atoms with E-state index in [1.54, 1.807) is 20.8 Å². The summed E-state index contributed by atoms with van der Waals surface area (Å²) in [5, 5.41) is 52.6. The number of halogens is 1. The summed E-state index contributed by atoms with van der Waals surface area (Å²) in [5.74, 6) is -2.67. The highest BCUT2D eigenvalue weighted by molar-refractivity contribution is 6.81. The van der Waals surface area contributed by atoms with Gasteiger partial charge in [0.25, 0.3) is 0 Å². The molecule has 0 atom stereocenters. The Morgan fingerprint density at radius 3 is 1.46 bits per heavy atom. The fourth-order valence-corrected chi connectivity index (χ4v) is 3.66. The van der Waals surface area contributed by atoms with Crippen molar-refractivity contribution in [1.29, 1.82) is 0 Å². The summed E-state index contributed by atoms with van der Waals surface area (Å²) in [4.78, 5) is 61.8. The van der Waals surface area contributed by atoms with Gasteiger partial charge in [-0.1, -0.05) is 11.6 Å². The highest BCUT2D eigenvalue weighted by Crippen LogP contribution is 2.38. The molecule has 11 N–H and O–H groups in total. The van der Waals surface area contributed by atoms with Gasteiger partial charge < -0.3 is 66.8 Å². The van der Waals surface area contributed by atoms with Crippen LogP contribution in [0.2, 0.25) is 0 Å². The van der Waals surface area contributed by atoms with E-state index in [1.165, 1.54) is 7.11 Å². The maximum Gasteiger partial charge on any atom is 0.371 e. The fourth-order valence-electron chi connectivity index (χ4n) is 3.54. The summed E-state index contributed by atoms with van der Waals surface area (Å²) < 4.78 is 17.7. The minimum atomic E-state index is -1.10. The topological polar surface area (TPSA) is 341 Å². The van der Waals surface area contributed by atoms with E-state index in [9.17, 15) is 39.0 Å². The predicted molar refractivity (Wildman–Crippen MR) is 204 cm³/mol. The Bertz CT molecular complexity index is 1320. The third-order valence-electron chi connectivity index (χ3n) is 8.18. The van der Waals surface area contributed by atoms with Crippen LogP contribution in [0.5, 0.6) is 0 Å². The molecule has 328 valence electrons. The van der Waals surface area contributed by atoms with Crippen molar-refractivity contribution in [3.8, 4) is 0 Å². The molecule has 22 heteroatoms. The van der Waals surface area contributed by atoms with Gasteiger partial charge >= 0.3 is 23.9 Å². The van der Waals surface area contributed by atoms with Crippen LogP contribution >= 0.6 is 11.6 Å². The quantitative estimate of drug-likeness (QED) is 0.0195. The number of hydrogen-bond donors (Lipinski definition) is 9. The molecule has 5 rings (SSSR count). The van der Waals surface area contributed by atoms with E-state index in [0.29, 0.717) is 51.9 Å². The zero-order valence-electron chi connectivity index (χ0n) is 33.1. The number of nitrogens with zero attached hydrogens (tertiary/aromatic N) is 2. The average molecular weight is 841 g/mol. The van der Waals surface area contributed by atoms with Gasteiger partial charge in [-0.25, -0.2) is 19.2 Å². The van der Waals surface area contributed by atoms with Crippen molar-refractivity contribution in [3.05, 3.63) is 0 Å². The number of methoxy groups -OCH3 is 1. The van der Waals surface area contributed by atoms with Crippen molar-refractivity contribution in [2.45, 2.75) is 119 Å². The predicted octanol–water partition coefficient (Wildman–Crippen LogP) is -1.80. The summed E-state index contributed by atoms with van der Waals surface area (Å²) in [6.45, 7) is 7.20. The highest BCUT2D eigenvalue weighted by Gasteiger charge is 2.49. The van der Waals surface area contributed by atoms with Gasteiger partial charge in [-0.05, 0) is 97.9 Å². The Kier molecular flexibility index (Phi) is 24.5. The number of aliphatic hydroxyl groups is 5. The molecule has 0 heterocycles. The van der Waals surface area contributed by atoms with Crippen molar-refractivity contribution in [2.75, 3.05) is 53.1 Å². The van der Waals surface area contributed by atoms with Crippen LogP contribution in [-0.4, -0.2) is 154 Å². The average Bonchev–Trinajstić information content (AvgIpc) is 3.89. The molecular formula is C35H61ClN6O15. The van der Waals surface area contributed by atoms with E-state index in [0.717, 1.165) is 51.2 Å². The monoisotopic (exact) mass is 840 g/mol. The number of ether oxygens (including phenoxy) is 4. The molecule has 0 aromatic rings. The minimum absolute atomic E-state index is 0.0313. The van der Waals surface area contributed by atoms with Crippen molar-refractivity contribution in [2.24, 2.45) is 21.7 Å². The first-order valence-electron chi connectivity index (χ1n) is 18.5. The molecule has 5 aliphatic rings. The standard InChI is InChI=1S/C8H13ClN2O3.C8H14N2O3.C5H9NO2.C5H11NO.C5H8O3.C4H6O3/c1-2-14-7(12)6(9)11-10-5-8(13)3-4-8;1-2-13-7(11)5-9-10-6-8(12)3-4-8;6-3-4(7)5(8)1-2-5;6-4-3-5(7)1-2-5;1-8-4(6)5(7)2-3-5;1-2-7-4(6)3-5/h10,13H,2-5H2,1H3;5,10,12H,2-4,6H2,1H3;8H,1-3,6H2;7H,1-4,6H2;7H,2-3H2,1H3;3H,2H2,1H3/b11-6-;9-5+;;;;. The van der Waals surface area contributed by atoms with Crippen LogP contribution in [0.4, 0.5) is 0 Å². The third-order valence-corrected chi connectivity index (χ3v) is 8.41. The molecule has 57 heavy (non-hydrogen) atoms. The van der Waals surface area contributed by atoms with Crippen LogP contribution in [0.25, 0.3) is 0 Å². The zero-order chi connectivity index (χ0) is 43.8. The van der Waals surface area contributed by atoms with Crippen molar-refractivity contribution >= 4 is 58.9 Å². The largest absolute Gasteiger partial charge is 0.467 e. The van der Waals surface area contributed by atoms with Crippen molar-refractivity contribution < 1.29 is 73.2 Å². The van der Waals surface area contributed by atoms with E-state index in [1.807, 2.05) is 0 Å². The molecule has 0 aromatic heterocycles. The second kappa shape index (κ2) is 26.2. The van der Waals surface area contributed by atoms with Gasteiger partial charge in [0, 0.05) is 0 Å². The van der Waals surface area contributed by atoms with Crippen LogP contribution in [0.15, 0.2) is 10.2 Å². The number of Topliss-reactive ketones (excluding diaryl/α,β-unsaturated/α-hetero) is 1. The zero-order valence-corrected chi connectivity index (χ0v) is 33.9. The number of aldehydes is 1. The fraction of sp³-hybridized carbons (Fsp3) is 0.771. The highest BCUT2D eigenvalue weighted by atomic mass is 35.5. The molecule has 5 saturated carbocycles. The van der Waals surface area contributed by atoms with Crippen LogP contribution in [0.3, 0.4) is 0 Å². The molecule has 0 aliphatic heterocycles. The first kappa shape index (κ1) is 53.2.